The van der Waals surface area contributed by atoms with E-state index in [4.69, 9.17) is 13.5 Å². The molecule has 10 aromatic rings. The van der Waals surface area contributed by atoms with E-state index < -0.39 is 6.85 Å². The molecule has 6 heteroatoms. The Bertz CT molecular complexity index is 2850. The fraction of sp³-hybridized carbons (Fsp3) is 0.0222. The average Bonchev–Trinajstić information content (AvgIpc) is 3.92. The van der Waals surface area contributed by atoms with E-state index in [0.29, 0.717) is 0 Å². The van der Waals surface area contributed by atoms with Gasteiger partial charge in [-0.25, -0.2) is 0 Å². The molecule has 4 aromatic heterocycles. The third-order valence-electron chi connectivity index (χ3n) is 8.71. The van der Waals surface area contributed by atoms with Gasteiger partial charge in [-0.05, 0) is 82.8 Å². The van der Waals surface area contributed by atoms with Crippen LogP contribution in [0.25, 0.3) is 81.8 Å². The molecule has 6 aromatic carbocycles. The molecular formula is C45H29IrN3OS-2. The molecule has 4 heterocycles. The Hall–Kier alpha value is -5.65. The second-order valence-electron chi connectivity index (χ2n) is 11.9. The van der Waals surface area contributed by atoms with Crippen LogP contribution in [0.3, 0.4) is 0 Å². The van der Waals surface area contributed by atoms with Crippen molar-refractivity contribution >= 4 is 53.5 Å². The molecule has 0 N–H and O–H groups in total. The minimum atomic E-state index is -2.09. The first-order valence-electron chi connectivity index (χ1n) is 17.7. The molecule has 0 spiro atoms. The van der Waals surface area contributed by atoms with Gasteiger partial charge in [0.25, 0.3) is 0 Å². The van der Waals surface area contributed by atoms with Crippen LogP contribution in [0.1, 0.15) is 9.68 Å². The van der Waals surface area contributed by atoms with E-state index in [1.165, 1.54) is 26.4 Å². The molecule has 0 amide bonds. The summed E-state index contributed by atoms with van der Waals surface area (Å²) in [7, 11) is 0. The number of imidazole rings is 1. The number of aryl methyl sites for hydroxylation is 1. The van der Waals surface area contributed by atoms with Crippen molar-refractivity contribution in [1.82, 2.24) is 14.5 Å². The normalized spacial score (nSPS) is 12.2. The summed E-state index contributed by atoms with van der Waals surface area (Å²) in [6.45, 7) is -2.09. The monoisotopic (exact) mass is 855 g/mol. The molecule has 0 saturated heterocycles. The second kappa shape index (κ2) is 13.9. The molecule has 0 aliphatic rings. The number of pyridine rings is 1. The third-order valence-corrected chi connectivity index (χ3v) is 9.91. The Morgan fingerprint density at radius 3 is 2.39 bits per heavy atom. The van der Waals surface area contributed by atoms with Gasteiger partial charge < -0.3 is 14.0 Å². The van der Waals surface area contributed by atoms with Gasteiger partial charge in [0.15, 0.2) is 0 Å². The molecule has 0 bridgehead atoms. The summed E-state index contributed by atoms with van der Waals surface area (Å²) in [4.78, 5) is 9.23. The topological polar surface area (TPSA) is 43.9 Å². The largest absolute Gasteiger partial charge is 0.456 e. The standard InChI is InChI=1S/C33H19N2OS.C12H10N.Ir/c1-5-14-29-22(8-1)20-30(36-29)21-16-18-23(19-17-21)35-28-13-4-3-12-27(28)34-33(35)26-11-7-10-25-24-9-2-6-15-31(24)37-32(25)26;1-10-7-8-12(13-9-10)11-5-3-2-4-6-11;/h1-10,12-20H;2-5,7-9H,1H3;/q2*-1;/i;1D3;. The number of nitrogens with zero attached hydrogens (tertiary/aromatic N) is 3. The molecule has 10 rings (SSSR count). The predicted octanol–water partition coefficient (Wildman–Crippen LogP) is 12.1. The van der Waals surface area contributed by atoms with E-state index in [2.05, 4.69) is 107 Å². The van der Waals surface area contributed by atoms with E-state index in [-0.39, 0.29) is 25.7 Å². The van der Waals surface area contributed by atoms with E-state index in [1.807, 2.05) is 48.5 Å². The number of para-hydroxylation sites is 3. The van der Waals surface area contributed by atoms with Crippen LogP contribution in [0.2, 0.25) is 0 Å². The molecule has 0 unspecified atom stereocenters. The van der Waals surface area contributed by atoms with Crippen LogP contribution in [0.5, 0.6) is 0 Å². The zero-order valence-corrected chi connectivity index (χ0v) is 30.2. The summed E-state index contributed by atoms with van der Waals surface area (Å²) in [6, 6.07) is 57.1. The van der Waals surface area contributed by atoms with Crippen molar-refractivity contribution in [3.8, 4) is 39.7 Å². The number of thiophene rings is 1. The van der Waals surface area contributed by atoms with E-state index in [9.17, 15) is 0 Å². The maximum atomic E-state index is 7.23. The van der Waals surface area contributed by atoms with Crippen LogP contribution < -0.4 is 0 Å². The summed E-state index contributed by atoms with van der Waals surface area (Å²) >= 11 is 1.80. The van der Waals surface area contributed by atoms with Crippen LogP contribution in [0.4, 0.5) is 0 Å². The van der Waals surface area contributed by atoms with E-state index in [1.54, 1.807) is 29.5 Å². The second-order valence-corrected chi connectivity index (χ2v) is 12.9. The first-order chi connectivity index (χ1) is 25.9. The quantitative estimate of drug-likeness (QED) is 0.166. The summed E-state index contributed by atoms with van der Waals surface area (Å²) in [5.41, 5.74) is 7.90. The molecule has 1 radical (unpaired) electrons. The number of aromatic nitrogens is 3. The third kappa shape index (κ3) is 6.19. The van der Waals surface area contributed by atoms with Gasteiger partial charge in [0.1, 0.15) is 11.3 Å². The minimum Gasteiger partial charge on any atom is -0.456 e. The Morgan fingerprint density at radius 1 is 0.745 bits per heavy atom. The van der Waals surface area contributed by atoms with Crippen LogP contribution in [0.15, 0.2) is 162 Å². The van der Waals surface area contributed by atoms with Gasteiger partial charge in [-0.2, -0.15) is 11.3 Å². The molecule has 0 aliphatic heterocycles. The summed E-state index contributed by atoms with van der Waals surface area (Å²) in [6.07, 6.45) is 1.39. The smallest absolute Gasteiger partial charge is 0.135 e. The van der Waals surface area contributed by atoms with Gasteiger partial charge in [0, 0.05) is 51.8 Å². The van der Waals surface area contributed by atoms with E-state index in [0.717, 1.165) is 61.7 Å². The molecule has 0 aliphatic carbocycles. The van der Waals surface area contributed by atoms with Crippen molar-refractivity contribution in [2.45, 2.75) is 6.85 Å². The molecule has 247 valence electrons. The maximum absolute atomic E-state index is 7.23. The molecule has 4 nitrogen and oxygen atoms in total. The fourth-order valence-corrected chi connectivity index (χ4v) is 7.51. The molecule has 51 heavy (non-hydrogen) atoms. The molecule has 0 atom stereocenters. The van der Waals surface area contributed by atoms with Gasteiger partial charge in [-0.15, -0.1) is 54.1 Å². The first-order valence-corrected chi connectivity index (χ1v) is 17.1. The van der Waals surface area contributed by atoms with Crippen LogP contribution in [-0.4, -0.2) is 14.5 Å². The SMILES string of the molecule is [2H]C([2H])([2H])c1ccc(-c2[c-]cccc2)nc1.[Ir].[c-]1ccc2c(sc3ccccc32)c1-c1nc2ccccc2n1-c1ccc(-c2cc3ccccc3o2)cc1. The number of rotatable bonds is 4. The summed E-state index contributed by atoms with van der Waals surface area (Å²) in [5, 5.41) is 3.63. The van der Waals surface area contributed by atoms with E-state index >= 15 is 0 Å². The van der Waals surface area contributed by atoms with Gasteiger partial charge in [-0.3, -0.25) is 4.98 Å². The fourth-order valence-electron chi connectivity index (χ4n) is 6.32. The number of furan rings is 1. The van der Waals surface area contributed by atoms with Crippen molar-refractivity contribution in [2.75, 3.05) is 0 Å². The summed E-state index contributed by atoms with van der Waals surface area (Å²) < 4.78 is 32.5. The number of fused-ring (bicyclic) bond motifs is 5. The number of benzene rings is 6. The average molecular weight is 855 g/mol. The van der Waals surface area contributed by atoms with Gasteiger partial charge in [0.2, 0.25) is 0 Å². The zero-order valence-electron chi connectivity index (χ0n) is 30.0. The predicted molar refractivity (Wildman–Crippen MR) is 207 cm³/mol. The van der Waals surface area contributed by atoms with Crippen LogP contribution in [-0.2, 0) is 20.1 Å². The maximum Gasteiger partial charge on any atom is 0.135 e. The zero-order chi connectivity index (χ0) is 35.9. The molecular weight excluding hydrogens is 823 g/mol. The van der Waals surface area contributed by atoms with Gasteiger partial charge in [0.05, 0.1) is 16.9 Å². The van der Waals surface area contributed by atoms with Crippen LogP contribution in [0, 0.1) is 19.0 Å². The van der Waals surface area contributed by atoms with Crippen molar-refractivity contribution < 1.29 is 28.6 Å². The Kier molecular flexibility index (Phi) is 7.95. The van der Waals surface area contributed by atoms with Gasteiger partial charge in [-0.1, -0.05) is 71.6 Å². The Balaban J connectivity index is 0.000000206. The van der Waals surface area contributed by atoms with Crippen molar-refractivity contribution in [2.24, 2.45) is 0 Å². The minimum absolute atomic E-state index is 0. The van der Waals surface area contributed by atoms with Gasteiger partial charge >= 0.3 is 0 Å². The van der Waals surface area contributed by atoms with Crippen molar-refractivity contribution in [3.63, 3.8) is 0 Å². The van der Waals surface area contributed by atoms with Crippen molar-refractivity contribution in [1.29, 1.82) is 0 Å². The van der Waals surface area contributed by atoms with Crippen molar-refractivity contribution in [3.05, 3.63) is 176 Å². The van der Waals surface area contributed by atoms with Crippen LogP contribution >= 0.6 is 11.3 Å². The molecule has 0 fully saturated rings. The number of hydrogen-bond donors (Lipinski definition) is 0. The summed E-state index contributed by atoms with van der Waals surface area (Å²) in [5.74, 6) is 1.77. The Labute approximate surface area is 317 Å². The number of hydrogen-bond acceptors (Lipinski definition) is 4. The first kappa shape index (κ1) is 29.1. The molecule has 0 saturated carbocycles. The Morgan fingerprint density at radius 2 is 1.57 bits per heavy atom.